The molecule has 0 aromatic carbocycles. The van der Waals surface area contributed by atoms with Gasteiger partial charge in [0.25, 0.3) is 0 Å². The molecule has 1 saturated heterocycles. The Morgan fingerprint density at radius 3 is 2.12 bits per heavy atom. The minimum Gasteiger partial charge on any atom is -0.317 e. The molecule has 0 bridgehead atoms. The van der Waals surface area contributed by atoms with Gasteiger partial charge in [-0.15, -0.1) is 0 Å². The van der Waals surface area contributed by atoms with Crippen LogP contribution in [0.5, 0.6) is 0 Å². The number of hydrogen-bond acceptors (Lipinski definition) is 2. The first kappa shape index (κ1) is 13.4. The highest BCUT2D eigenvalue weighted by Crippen LogP contribution is 2.34. The number of piperidine rings is 1. The summed E-state index contributed by atoms with van der Waals surface area (Å²) in [5, 5.41) is 3.45. The number of likely N-dealkylation sites (tertiary alicyclic amines) is 1. The van der Waals surface area contributed by atoms with Crippen molar-refractivity contribution in [2.75, 3.05) is 13.6 Å². The monoisotopic (exact) mass is 238 g/mol. The molecule has 0 amide bonds. The lowest BCUT2D eigenvalue weighted by atomic mass is 9.78. The summed E-state index contributed by atoms with van der Waals surface area (Å²) in [5.74, 6) is 1.86. The molecule has 2 nitrogen and oxygen atoms in total. The van der Waals surface area contributed by atoms with Crippen molar-refractivity contribution in [2.45, 2.75) is 71.0 Å². The van der Waals surface area contributed by atoms with Crippen molar-refractivity contribution < 1.29 is 0 Å². The highest BCUT2D eigenvalue weighted by molar-refractivity contribution is 4.89. The van der Waals surface area contributed by atoms with Gasteiger partial charge in [0, 0.05) is 24.7 Å². The smallest absolute Gasteiger partial charge is 0.0103 e. The molecule has 2 rings (SSSR count). The first-order valence-corrected chi connectivity index (χ1v) is 7.53. The summed E-state index contributed by atoms with van der Waals surface area (Å²) in [6, 6.07) is 2.38. The molecule has 4 unspecified atom stereocenters. The molecule has 2 aliphatic rings. The number of nitrogens with one attached hydrogen (secondary N) is 1. The molecule has 0 aromatic heterocycles. The maximum atomic E-state index is 3.45. The van der Waals surface area contributed by atoms with Gasteiger partial charge in [-0.25, -0.2) is 0 Å². The molecule has 1 aliphatic heterocycles. The second-order valence-corrected chi connectivity index (χ2v) is 6.67. The lowest BCUT2D eigenvalue weighted by Gasteiger charge is -2.46. The van der Waals surface area contributed by atoms with Gasteiger partial charge in [-0.2, -0.15) is 0 Å². The Morgan fingerprint density at radius 2 is 1.59 bits per heavy atom. The fourth-order valence-electron chi connectivity index (χ4n) is 4.17. The van der Waals surface area contributed by atoms with Crippen molar-refractivity contribution in [1.82, 2.24) is 10.2 Å². The van der Waals surface area contributed by atoms with Crippen LogP contribution in [0.1, 0.15) is 52.9 Å². The predicted octanol–water partition coefficient (Wildman–Crippen LogP) is 2.88. The summed E-state index contributed by atoms with van der Waals surface area (Å²) in [7, 11) is 2.11. The van der Waals surface area contributed by atoms with E-state index in [0.717, 1.165) is 30.0 Å². The van der Waals surface area contributed by atoms with Crippen LogP contribution in [0, 0.1) is 11.8 Å². The van der Waals surface area contributed by atoms with E-state index in [4.69, 9.17) is 0 Å². The van der Waals surface area contributed by atoms with Crippen molar-refractivity contribution in [3.05, 3.63) is 0 Å². The molecule has 2 fully saturated rings. The SMILES string of the molecule is CNC1CCN(C2CC(C)CC(C)C2)C(C)C1. The van der Waals surface area contributed by atoms with E-state index in [9.17, 15) is 0 Å². The molecule has 2 heteroatoms. The van der Waals surface area contributed by atoms with Gasteiger partial charge in [0.15, 0.2) is 0 Å². The minimum atomic E-state index is 0.750. The van der Waals surface area contributed by atoms with E-state index < -0.39 is 0 Å². The number of nitrogens with zero attached hydrogens (tertiary/aromatic N) is 1. The average molecular weight is 238 g/mol. The Morgan fingerprint density at radius 1 is 0.941 bits per heavy atom. The van der Waals surface area contributed by atoms with Crippen molar-refractivity contribution in [3.63, 3.8) is 0 Å². The molecule has 1 heterocycles. The fourth-order valence-corrected chi connectivity index (χ4v) is 4.17. The molecular weight excluding hydrogens is 208 g/mol. The molecule has 4 atom stereocenters. The largest absolute Gasteiger partial charge is 0.317 e. The third kappa shape index (κ3) is 3.23. The van der Waals surface area contributed by atoms with E-state index >= 15 is 0 Å². The van der Waals surface area contributed by atoms with E-state index in [-0.39, 0.29) is 0 Å². The van der Waals surface area contributed by atoms with E-state index in [2.05, 4.69) is 38.0 Å². The summed E-state index contributed by atoms with van der Waals surface area (Å²) >= 11 is 0. The second kappa shape index (κ2) is 5.71. The van der Waals surface area contributed by atoms with Crippen molar-refractivity contribution >= 4 is 0 Å². The summed E-state index contributed by atoms with van der Waals surface area (Å²) in [4.78, 5) is 2.81. The van der Waals surface area contributed by atoms with Gasteiger partial charge in [-0.3, -0.25) is 4.90 Å². The fraction of sp³-hybridized carbons (Fsp3) is 1.00. The molecular formula is C15H30N2. The number of rotatable bonds is 2. The average Bonchev–Trinajstić information content (AvgIpc) is 2.27. The van der Waals surface area contributed by atoms with Gasteiger partial charge in [0.05, 0.1) is 0 Å². The van der Waals surface area contributed by atoms with Crippen LogP contribution >= 0.6 is 0 Å². The normalized spacial score (nSPS) is 44.8. The standard InChI is InChI=1S/C15H30N2/c1-11-7-12(2)9-15(8-11)17-6-5-14(16-4)10-13(17)3/h11-16H,5-10H2,1-4H3. The Kier molecular flexibility index (Phi) is 4.48. The quantitative estimate of drug-likeness (QED) is 0.796. The first-order valence-electron chi connectivity index (χ1n) is 7.53. The topological polar surface area (TPSA) is 15.3 Å². The van der Waals surface area contributed by atoms with Gasteiger partial charge in [-0.1, -0.05) is 13.8 Å². The maximum absolute atomic E-state index is 3.45. The first-order chi connectivity index (χ1) is 8.10. The van der Waals surface area contributed by atoms with Gasteiger partial charge in [0.2, 0.25) is 0 Å². The zero-order valence-corrected chi connectivity index (χ0v) is 12.1. The van der Waals surface area contributed by atoms with Gasteiger partial charge in [-0.05, 0) is 57.9 Å². The van der Waals surface area contributed by atoms with Crippen LogP contribution in [0.3, 0.4) is 0 Å². The van der Waals surface area contributed by atoms with Crippen LogP contribution < -0.4 is 5.32 Å². The van der Waals surface area contributed by atoms with E-state index in [1.165, 1.54) is 38.6 Å². The Balaban J connectivity index is 1.93. The molecule has 0 aromatic rings. The van der Waals surface area contributed by atoms with Crippen LogP contribution in [-0.2, 0) is 0 Å². The Labute approximate surface area is 107 Å². The lowest BCUT2D eigenvalue weighted by Crippen LogP contribution is -2.52. The van der Waals surface area contributed by atoms with Gasteiger partial charge >= 0.3 is 0 Å². The third-order valence-electron chi connectivity index (χ3n) is 4.96. The van der Waals surface area contributed by atoms with Crippen LogP contribution in [0.15, 0.2) is 0 Å². The third-order valence-corrected chi connectivity index (χ3v) is 4.96. The van der Waals surface area contributed by atoms with E-state index in [1.54, 1.807) is 0 Å². The van der Waals surface area contributed by atoms with Crippen LogP contribution in [0.25, 0.3) is 0 Å². The minimum absolute atomic E-state index is 0.750. The molecule has 17 heavy (non-hydrogen) atoms. The summed E-state index contributed by atoms with van der Waals surface area (Å²) in [5.41, 5.74) is 0. The van der Waals surface area contributed by atoms with Crippen molar-refractivity contribution in [1.29, 1.82) is 0 Å². The van der Waals surface area contributed by atoms with Crippen molar-refractivity contribution in [3.8, 4) is 0 Å². The summed E-state index contributed by atoms with van der Waals surface area (Å²) < 4.78 is 0. The van der Waals surface area contributed by atoms with Gasteiger partial charge in [0.1, 0.15) is 0 Å². The zero-order chi connectivity index (χ0) is 12.4. The van der Waals surface area contributed by atoms with Crippen LogP contribution in [0.4, 0.5) is 0 Å². The second-order valence-electron chi connectivity index (χ2n) is 6.67. The predicted molar refractivity (Wildman–Crippen MR) is 74.2 cm³/mol. The van der Waals surface area contributed by atoms with Crippen molar-refractivity contribution in [2.24, 2.45) is 11.8 Å². The molecule has 1 saturated carbocycles. The highest BCUT2D eigenvalue weighted by atomic mass is 15.2. The van der Waals surface area contributed by atoms with Crippen LogP contribution in [-0.4, -0.2) is 36.6 Å². The maximum Gasteiger partial charge on any atom is 0.0103 e. The highest BCUT2D eigenvalue weighted by Gasteiger charge is 2.33. The molecule has 100 valence electrons. The molecule has 0 spiro atoms. The zero-order valence-electron chi connectivity index (χ0n) is 12.1. The lowest BCUT2D eigenvalue weighted by molar-refractivity contribution is 0.0446. The Bertz CT molecular complexity index is 231. The number of hydrogen-bond donors (Lipinski definition) is 1. The Hall–Kier alpha value is -0.0800. The van der Waals surface area contributed by atoms with Crippen LogP contribution in [0.2, 0.25) is 0 Å². The summed E-state index contributed by atoms with van der Waals surface area (Å²) in [6.45, 7) is 8.60. The van der Waals surface area contributed by atoms with Gasteiger partial charge < -0.3 is 5.32 Å². The van der Waals surface area contributed by atoms with E-state index in [1.807, 2.05) is 0 Å². The van der Waals surface area contributed by atoms with E-state index in [0.29, 0.717) is 0 Å². The molecule has 0 radical (unpaired) electrons. The summed E-state index contributed by atoms with van der Waals surface area (Å²) in [6.07, 6.45) is 6.96. The molecule has 1 N–H and O–H groups in total. The molecule has 1 aliphatic carbocycles.